The van der Waals surface area contributed by atoms with Crippen molar-refractivity contribution in [3.8, 4) is 0 Å². The zero-order valence-corrected chi connectivity index (χ0v) is 12.6. The summed E-state index contributed by atoms with van der Waals surface area (Å²) in [7, 11) is -3.51. The molecule has 1 aromatic heterocycles. The summed E-state index contributed by atoms with van der Waals surface area (Å²) >= 11 is 0. The molecule has 0 aromatic carbocycles. The van der Waals surface area contributed by atoms with Crippen molar-refractivity contribution in [1.29, 1.82) is 0 Å². The first-order valence-corrected chi connectivity index (χ1v) is 7.82. The van der Waals surface area contributed by atoms with Crippen LogP contribution in [0.25, 0.3) is 0 Å². The van der Waals surface area contributed by atoms with Crippen LogP contribution >= 0.6 is 0 Å². The third-order valence-electron chi connectivity index (χ3n) is 3.18. The first kappa shape index (κ1) is 14.5. The van der Waals surface area contributed by atoms with Crippen LogP contribution in [0.4, 0.5) is 0 Å². The van der Waals surface area contributed by atoms with E-state index in [2.05, 4.69) is 10.2 Å². The molecule has 19 heavy (non-hydrogen) atoms. The first-order valence-electron chi connectivity index (χ1n) is 6.38. The van der Waals surface area contributed by atoms with E-state index in [9.17, 15) is 8.42 Å². The van der Waals surface area contributed by atoms with E-state index in [-0.39, 0.29) is 16.4 Å². The molecule has 2 heterocycles. The second-order valence-corrected chi connectivity index (χ2v) is 7.81. The van der Waals surface area contributed by atoms with Crippen molar-refractivity contribution in [3.05, 3.63) is 11.9 Å². The molecule has 0 amide bonds. The Hall–Kier alpha value is -0.920. The van der Waals surface area contributed by atoms with Crippen LogP contribution in [-0.4, -0.2) is 48.7 Å². The fourth-order valence-corrected chi connectivity index (χ4v) is 3.95. The largest absolute Gasteiger partial charge is 0.376 e. The minimum Gasteiger partial charge on any atom is -0.376 e. The molecular weight excluding hydrogens is 266 g/mol. The Kier molecular flexibility index (Phi) is 3.72. The molecule has 0 unspecified atom stereocenters. The van der Waals surface area contributed by atoms with Crippen LogP contribution in [0.5, 0.6) is 0 Å². The quantitative estimate of drug-likeness (QED) is 0.884. The van der Waals surface area contributed by atoms with E-state index < -0.39 is 10.0 Å². The Morgan fingerprint density at radius 2 is 2.16 bits per heavy atom. The second-order valence-electron chi connectivity index (χ2n) is 5.90. The van der Waals surface area contributed by atoms with Crippen LogP contribution < -0.4 is 0 Å². The number of sulfonamides is 1. The predicted octanol–water partition coefficient (Wildman–Crippen LogP) is 1.12. The lowest BCUT2D eigenvalue weighted by Crippen LogP contribution is -2.44. The van der Waals surface area contributed by atoms with Gasteiger partial charge in [-0.1, -0.05) is 20.8 Å². The molecule has 1 aliphatic heterocycles. The van der Waals surface area contributed by atoms with Crippen LogP contribution in [0.3, 0.4) is 0 Å². The molecule has 1 N–H and O–H groups in total. The van der Waals surface area contributed by atoms with E-state index in [1.807, 2.05) is 27.7 Å². The number of hydrogen-bond acceptors (Lipinski definition) is 4. The fraction of sp³-hybridized carbons (Fsp3) is 0.750. The van der Waals surface area contributed by atoms with Gasteiger partial charge in [0, 0.05) is 18.5 Å². The minimum atomic E-state index is -3.51. The molecule has 1 fully saturated rings. The number of rotatable bonds is 2. The fourth-order valence-electron chi connectivity index (χ4n) is 2.15. The van der Waals surface area contributed by atoms with Crippen molar-refractivity contribution in [1.82, 2.24) is 14.5 Å². The summed E-state index contributed by atoms with van der Waals surface area (Å²) in [6, 6.07) is 0. The molecule has 0 radical (unpaired) electrons. The van der Waals surface area contributed by atoms with Crippen LogP contribution in [0.15, 0.2) is 11.1 Å². The Bertz CT molecular complexity index is 545. The second kappa shape index (κ2) is 4.88. The van der Waals surface area contributed by atoms with E-state index in [4.69, 9.17) is 4.74 Å². The van der Waals surface area contributed by atoms with Gasteiger partial charge in [0.1, 0.15) is 4.90 Å². The van der Waals surface area contributed by atoms with Gasteiger partial charge in [-0.3, -0.25) is 5.10 Å². The monoisotopic (exact) mass is 287 g/mol. The molecule has 6 nitrogen and oxygen atoms in total. The van der Waals surface area contributed by atoms with Gasteiger partial charge in [0.25, 0.3) is 0 Å². The van der Waals surface area contributed by atoms with Crippen LogP contribution in [0, 0.1) is 0 Å². The summed E-state index contributed by atoms with van der Waals surface area (Å²) in [5.41, 5.74) is 0.350. The molecule has 0 spiro atoms. The molecule has 0 bridgehead atoms. The lowest BCUT2D eigenvalue weighted by atomic mass is 9.92. The van der Waals surface area contributed by atoms with Crippen molar-refractivity contribution in [2.75, 3.05) is 19.7 Å². The number of aromatic amines is 1. The molecule has 1 aromatic rings. The number of hydrogen-bond donors (Lipinski definition) is 1. The van der Waals surface area contributed by atoms with Gasteiger partial charge in [-0.25, -0.2) is 8.42 Å². The van der Waals surface area contributed by atoms with Crippen molar-refractivity contribution >= 4 is 10.0 Å². The van der Waals surface area contributed by atoms with E-state index in [0.29, 0.717) is 25.4 Å². The summed E-state index contributed by atoms with van der Waals surface area (Å²) in [6.45, 7) is 8.97. The highest BCUT2D eigenvalue weighted by molar-refractivity contribution is 7.89. The number of morpholine rings is 1. The molecule has 0 aliphatic carbocycles. The Balaban J connectivity index is 2.38. The summed E-state index contributed by atoms with van der Waals surface area (Å²) in [4.78, 5) is 0.272. The zero-order chi connectivity index (χ0) is 14.3. The summed E-state index contributed by atoms with van der Waals surface area (Å²) in [6.07, 6.45) is 1.32. The zero-order valence-electron chi connectivity index (χ0n) is 11.8. The first-order chi connectivity index (χ1) is 8.73. The number of H-pyrrole nitrogens is 1. The van der Waals surface area contributed by atoms with E-state index in [1.165, 1.54) is 10.5 Å². The summed E-state index contributed by atoms with van der Waals surface area (Å²) < 4.78 is 32.2. The van der Waals surface area contributed by atoms with E-state index in [1.54, 1.807) is 0 Å². The van der Waals surface area contributed by atoms with Crippen molar-refractivity contribution in [2.45, 2.75) is 44.1 Å². The van der Waals surface area contributed by atoms with Gasteiger partial charge in [-0.15, -0.1) is 0 Å². The highest BCUT2D eigenvalue weighted by Gasteiger charge is 2.34. The average molecular weight is 287 g/mol. The molecule has 1 aliphatic rings. The van der Waals surface area contributed by atoms with Gasteiger partial charge in [0.15, 0.2) is 0 Å². The summed E-state index contributed by atoms with van der Waals surface area (Å²) in [5.74, 6) is 0. The van der Waals surface area contributed by atoms with Crippen molar-refractivity contribution in [3.63, 3.8) is 0 Å². The van der Waals surface area contributed by atoms with Gasteiger partial charge in [0.2, 0.25) is 10.0 Å². The van der Waals surface area contributed by atoms with Crippen LogP contribution in [0.2, 0.25) is 0 Å². The number of nitrogens with one attached hydrogen (secondary N) is 1. The standard InChI is InChI=1S/C12H21N3O3S/c1-9-8-15(5-6-18-9)19(16,17)10-7-13-14-11(10)12(2,3)4/h7,9H,5-6,8H2,1-4H3,(H,13,14)/t9-/m1/s1. The Labute approximate surface area is 114 Å². The average Bonchev–Trinajstić information content (AvgIpc) is 2.78. The highest BCUT2D eigenvalue weighted by Crippen LogP contribution is 2.29. The third kappa shape index (κ3) is 2.82. The molecule has 1 atom stereocenters. The maximum Gasteiger partial charge on any atom is 0.246 e. The molecule has 7 heteroatoms. The number of nitrogens with zero attached hydrogens (tertiary/aromatic N) is 2. The molecule has 1 saturated heterocycles. The van der Waals surface area contributed by atoms with Gasteiger partial charge in [-0.2, -0.15) is 9.40 Å². The van der Waals surface area contributed by atoms with Crippen LogP contribution in [-0.2, 0) is 20.2 Å². The predicted molar refractivity (Wildman–Crippen MR) is 71.5 cm³/mol. The lowest BCUT2D eigenvalue weighted by molar-refractivity contribution is 0.0101. The molecule has 108 valence electrons. The third-order valence-corrected chi connectivity index (χ3v) is 5.05. The van der Waals surface area contributed by atoms with Gasteiger partial charge in [-0.05, 0) is 6.92 Å². The number of aromatic nitrogens is 2. The summed E-state index contributed by atoms with van der Waals surface area (Å²) in [5, 5.41) is 6.72. The maximum absolute atomic E-state index is 12.7. The SMILES string of the molecule is C[C@@H]1CN(S(=O)(=O)c2cn[nH]c2C(C)(C)C)CCO1. The van der Waals surface area contributed by atoms with Crippen molar-refractivity contribution < 1.29 is 13.2 Å². The Morgan fingerprint density at radius 3 is 2.74 bits per heavy atom. The minimum absolute atomic E-state index is 0.0755. The molecule has 2 rings (SSSR count). The van der Waals surface area contributed by atoms with Crippen molar-refractivity contribution in [2.24, 2.45) is 0 Å². The number of ether oxygens (including phenoxy) is 1. The van der Waals surface area contributed by atoms with Gasteiger partial charge < -0.3 is 4.74 Å². The smallest absolute Gasteiger partial charge is 0.246 e. The molecule has 0 saturated carbocycles. The van der Waals surface area contributed by atoms with E-state index in [0.717, 1.165) is 0 Å². The maximum atomic E-state index is 12.7. The van der Waals surface area contributed by atoms with E-state index >= 15 is 0 Å². The lowest BCUT2D eigenvalue weighted by Gasteiger charge is -2.31. The van der Waals surface area contributed by atoms with Gasteiger partial charge in [0.05, 0.1) is 24.6 Å². The van der Waals surface area contributed by atoms with Gasteiger partial charge >= 0.3 is 0 Å². The topological polar surface area (TPSA) is 75.3 Å². The highest BCUT2D eigenvalue weighted by atomic mass is 32.2. The van der Waals surface area contributed by atoms with Crippen LogP contribution in [0.1, 0.15) is 33.4 Å². The molecular formula is C12H21N3O3S. The Morgan fingerprint density at radius 1 is 1.47 bits per heavy atom. The normalized spacial score (nSPS) is 22.6.